The van der Waals surface area contributed by atoms with Crippen molar-refractivity contribution in [3.63, 3.8) is 0 Å². The van der Waals surface area contributed by atoms with E-state index in [-0.39, 0.29) is 11.3 Å². The number of phenolic OH excluding ortho intramolecular Hbond substituents is 1. The Morgan fingerprint density at radius 2 is 2.22 bits per heavy atom. The van der Waals surface area contributed by atoms with Crippen LogP contribution in [-0.2, 0) is 11.2 Å². The zero-order valence-electron chi connectivity index (χ0n) is 10.5. The molecule has 2 bridgehead atoms. The Morgan fingerprint density at radius 3 is 3.06 bits per heavy atom. The molecule has 92 valence electrons. The van der Waals surface area contributed by atoms with Gasteiger partial charge in [-0.15, -0.1) is 0 Å². The van der Waals surface area contributed by atoms with Crippen LogP contribution in [0.2, 0.25) is 0 Å². The molecular weight excluding hydrogens is 224 g/mol. The number of rotatable bonds is 0. The molecule has 0 aliphatic heterocycles. The summed E-state index contributed by atoms with van der Waals surface area (Å²) in [6, 6.07) is 5.61. The highest BCUT2D eigenvalue weighted by Gasteiger charge is 2.53. The number of hydrogen-bond acceptors (Lipinski definition) is 2. The lowest BCUT2D eigenvalue weighted by atomic mass is 9.71. The third-order valence-corrected chi connectivity index (χ3v) is 5.14. The van der Waals surface area contributed by atoms with Crippen LogP contribution in [0.25, 0.3) is 5.57 Å². The number of allylic oxidation sites excluding steroid dienone is 2. The molecular formula is C16H16O2. The lowest BCUT2D eigenvalue weighted by molar-refractivity contribution is -0.119. The minimum absolute atomic E-state index is 0.207. The van der Waals surface area contributed by atoms with Gasteiger partial charge in [0, 0.05) is 11.3 Å². The van der Waals surface area contributed by atoms with E-state index in [2.05, 4.69) is 0 Å². The van der Waals surface area contributed by atoms with Gasteiger partial charge >= 0.3 is 0 Å². The van der Waals surface area contributed by atoms with Crippen molar-refractivity contribution in [2.45, 2.75) is 32.6 Å². The molecule has 2 unspecified atom stereocenters. The maximum absolute atomic E-state index is 12.3. The zero-order valence-corrected chi connectivity index (χ0v) is 10.5. The average Bonchev–Trinajstić information content (AvgIpc) is 2.86. The van der Waals surface area contributed by atoms with Crippen LogP contribution in [0.15, 0.2) is 23.8 Å². The number of benzene rings is 1. The van der Waals surface area contributed by atoms with E-state index in [9.17, 15) is 9.90 Å². The lowest BCUT2D eigenvalue weighted by Crippen LogP contribution is -2.26. The molecule has 3 aliphatic carbocycles. The van der Waals surface area contributed by atoms with Crippen molar-refractivity contribution in [2.75, 3.05) is 0 Å². The van der Waals surface area contributed by atoms with Crippen LogP contribution in [0.1, 0.15) is 37.3 Å². The van der Waals surface area contributed by atoms with E-state index in [1.54, 1.807) is 6.07 Å². The van der Waals surface area contributed by atoms with Gasteiger partial charge in [-0.25, -0.2) is 0 Å². The minimum Gasteiger partial charge on any atom is -0.508 e. The molecule has 2 nitrogen and oxygen atoms in total. The Bertz CT molecular complexity index is 612. The molecule has 4 rings (SSSR count). The van der Waals surface area contributed by atoms with E-state index in [1.165, 1.54) is 16.7 Å². The zero-order chi connectivity index (χ0) is 12.5. The van der Waals surface area contributed by atoms with Gasteiger partial charge in [0.2, 0.25) is 0 Å². The Morgan fingerprint density at radius 1 is 1.39 bits per heavy atom. The van der Waals surface area contributed by atoms with Crippen LogP contribution in [-0.4, -0.2) is 10.9 Å². The van der Waals surface area contributed by atoms with Crippen molar-refractivity contribution in [2.24, 2.45) is 11.3 Å². The van der Waals surface area contributed by atoms with Crippen LogP contribution < -0.4 is 0 Å². The first-order valence-corrected chi connectivity index (χ1v) is 6.69. The maximum atomic E-state index is 12.3. The number of fused-ring (bicyclic) bond motifs is 3. The number of carbonyl (C=O) groups is 1. The number of carbonyl (C=O) groups excluding carboxylic acids is 1. The first-order chi connectivity index (χ1) is 8.61. The third kappa shape index (κ3) is 1.07. The molecule has 0 amide bonds. The number of phenols is 1. The van der Waals surface area contributed by atoms with Gasteiger partial charge in [-0.1, -0.05) is 6.07 Å². The van der Waals surface area contributed by atoms with Gasteiger partial charge in [0.1, 0.15) is 5.75 Å². The second-order valence-electron chi connectivity index (χ2n) is 6.10. The van der Waals surface area contributed by atoms with E-state index in [4.69, 9.17) is 0 Å². The molecule has 1 aromatic carbocycles. The summed E-state index contributed by atoms with van der Waals surface area (Å²) in [5.74, 6) is 0.957. The molecule has 1 fully saturated rings. The second kappa shape index (κ2) is 3.05. The fourth-order valence-electron chi connectivity index (χ4n) is 4.48. The standard InChI is InChI=1S/C16H16O2/c1-9-14-13-3-2-12(17)6-11(13)8-16(14)5-4-10(7-16)15(9)18/h2-3,6,10,17H,4-5,7-8H2,1H3. The van der Waals surface area contributed by atoms with Crippen molar-refractivity contribution in [1.29, 1.82) is 0 Å². The lowest BCUT2D eigenvalue weighted by Gasteiger charge is -2.31. The van der Waals surface area contributed by atoms with E-state index >= 15 is 0 Å². The van der Waals surface area contributed by atoms with Crippen LogP contribution in [0.4, 0.5) is 0 Å². The molecule has 3 aliphatic rings. The van der Waals surface area contributed by atoms with Crippen LogP contribution in [0, 0.1) is 11.3 Å². The summed E-state index contributed by atoms with van der Waals surface area (Å²) in [6.45, 7) is 1.99. The van der Waals surface area contributed by atoms with Crippen molar-refractivity contribution < 1.29 is 9.90 Å². The first-order valence-electron chi connectivity index (χ1n) is 6.69. The fourth-order valence-corrected chi connectivity index (χ4v) is 4.48. The van der Waals surface area contributed by atoms with Crippen LogP contribution in [0.3, 0.4) is 0 Å². The van der Waals surface area contributed by atoms with E-state index < -0.39 is 0 Å². The summed E-state index contributed by atoms with van der Waals surface area (Å²) < 4.78 is 0. The van der Waals surface area contributed by atoms with Gasteiger partial charge < -0.3 is 5.11 Å². The number of hydrogen-bond donors (Lipinski definition) is 1. The fraction of sp³-hybridized carbons (Fsp3) is 0.438. The highest BCUT2D eigenvalue weighted by atomic mass is 16.3. The van der Waals surface area contributed by atoms with Crippen molar-refractivity contribution in [1.82, 2.24) is 0 Å². The van der Waals surface area contributed by atoms with Crippen LogP contribution in [0.5, 0.6) is 5.75 Å². The predicted octanol–water partition coefficient (Wildman–Crippen LogP) is 3.09. The molecule has 1 saturated carbocycles. The summed E-state index contributed by atoms with van der Waals surface area (Å²) in [4.78, 5) is 12.3. The molecule has 18 heavy (non-hydrogen) atoms. The largest absolute Gasteiger partial charge is 0.508 e. The molecule has 2 atom stereocenters. The third-order valence-electron chi connectivity index (χ3n) is 5.14. The maximum Gasteiger partial charge on any atom is 0.161 e. The Hall–Kier alpha value is -1.57. The molecule has 0 aromatic heterocycles. The summed E-state index contributed by atoms with van der Waals surface area (Å²) in [7, 11) is 0. The average molecular weight is 240 g/mol. The molecule has 1 N–H and O–H groups in total. The summed E-state index contributed by atoms with van der Waals surface area (Å²) >= 11 is 0. The highest BCUT2D eigenvalue weighted by Crippen LogP contribution is 2.62. The highest BCUT2D eigenvalue weighted by molar-refractivity contribution is 6.08. The van der Waals surface area contributed by atoms with Crippen molar-refractivity contribution in [3.8, 4) is 5.75 Å². The van der Waals surface area contributed by atoms with Crippen molar-refractivity contribution in [3.05, 3.63) is 34.9 Å². The van der Waals surface area contributed by atoms with Crippen molar-refractivity contribution >= 4 is 11.4 Å². The normalized spacial score (nSPS) is 32.7. The van der Waals surface area contributed by atoms with E-state index in [0.717, 1.165) is 31.3 Å². The Kier molecular flexibility index (Phi) is 1.76. The van der Waals surface area contributed by atoms with Gasteiger partial charge in [0.05, 0.1) is 0 Å². The van der Waals surface area contributed by atoms with Crippen LogP contribution >= 0.6 is 0 Å². The van der Waals surface area contributed by atoms with Gasteiger partial charge in [0.15, 0.2) is 5.78 Å². The van der Waals surface area contributed by atoms with E-state index in [0.29, 0.717) is 11.5 Å². The Labute approximate surface area is 106 Å². The minimum atomic E-state index is 0.207. The molecule has 0 saturated heterocycles. The van der Waals surface area contributed by atoms with Gasteiger partial charge in [-0.05, 0) is 67.0 Å². The summed E-state index contributed by atoms with van der Waals surface area (Å²) in [5.41, 5.74) is 4.90. The topological polar surface area (TPSA) is 37.3 Å². The predicted molar refractivity (Wildman–Crippen MR) is 69.2 cm³/mol. The quantitative estimate of drug-likeness (QED) is 0.756. The SMILES string of the molecule is CC1=C2c3ccc(O)cc3CC23CCC(C3)C1=O. The Balaban J connectivity index is 2.01. The molecule has 1 aromatic rings. The molecule has 0 heterocycles. The monoisotopic (exact) mass is 240 g/mol. The van der Waals surface area contributed by atoms with Gasteiger partial charge in [-0.2, -0.15) is 0 Å². The second-order valence-corrected chi connectivity index (χ2v) is 6.10. The molecule has 1 spiro atoms. The summed E-state index contributed by atoms with van der Waals surface area (Å²) in [5, 5.41) is 9.63. The van der Waals surface area contributed by atoms with Gasteiger partial charge in [0.25, 0.3) is 0 Å². The number of ketones is 1. The molecule has 2 heteroatoms. The van der Waals surface area contributed by atoms with E-state index in [1.807, 2.05) is 19.1 Å². The number of Topliss-reactive ketones (excluding diaryl/α,β-unsaturated/α-hetero) is 1. The first kappa shape index (κ1) is 10.4. The number of aromatic hydroxyl groups is 1. The molecule has 0 radical (unpaired) electrons. The van der Waals surface area contributed by atoms with Gasteiger partial charge in [-0.3, -0.25) is 4.79 Å². The summed E-state index contributed by atoms with van der Waals surface area (Å²) in [6.07, 6.45) is 4.20. The smallest absolute Gasteiger partial charge is 0.161 e.